The van der Waals surface area contributed by atoms with Crippen LogP contribution < -0.4 is 15.8 Å². The number of alkyl halides is 1. The first-order valence-electron chi connectivity index (χ1n) is 5.58. The van der Waals surface area contributed by atoms with Gasteiger partial charge in [-0.2, -0.15) is 0 Å². The van der Waals surface area contributed by atoms with Crippen molar-refractivity contribution in [2.75, 3.05) is 12.4 Å². The summed E-state index contributed by atoms with van der Waals surface area (Å²) >= 11 is 5.23. The van der Waals surface area contributed by atoms with Crippen molar-refractivity contribution in [1.82, 2.24) is 10.6 Å². The van der Waals surface area contributed by atoms with E-state index >= 15 is 0 Å². The predicted molar refractivity (Wildman–Crippen MR) is 73.8 cm³/mol. The van der Waals surface area contributed by atoms with Crippen LogP contribution in [0, 0.1) is 0 Å². The van der Waals surface area contributed by atoms with Gasteiger partial charge in [0.2, 0.25) is 15.9 Å². The molecule has 0 aliphatic rings. The van der Waals surface area contributed by atoms with Crippen molar-refractivity contribution in [2.45, 2.75) is 11.3 Å². The van der Waals surface area contributed by atoms with Crippen molar-refractivity contribution >= 4 is 33.6 Å². The van der Waals surface area contributed by atoms with Crippen LogP contribution in [-0.2, 0) is 21.2 Å². The molecule has 0 spiro atoms. The molecule has 0 saturated carbocycles. The van der Waals surface area contributed by atoms with Gasteiger partial charge >= 0.3 is 6.03 Å². The van der Waals surface area contributed by atoms with Gasteiger partial charge in [-0.05, 0) is 24.1 Å². The normalized spacial score (nSPS) is 10.9. The maximum absolute atomic E-state index is 11.2. The maximum atomic E-state index is 11.2. The summed E-state index contributed by atoms with van der Waals surface area (Å²) in [7, 11) is -3.70. The molecule has 0 aromatic heterocycles. The van der Waals surface area contributed by atoms with Crippen LogP contribution in [0.5, 0.6) is 0 Å². The van der Waals surface area contributed by atoms with E-state index in [1.54, 1.807) is 12.1 Å². The lowest BCUT2D eigenvalue weighted by Gasteiger charge is -2.06. The van der Waals surface area contributed by atoms with Crippen LogP contribution in [0.2, 0.25) is 0 Å². The van der Waals surface area contributed by atoms with Crippen molar-refractivity contribution in [2.24, 2.45) is 5.14 Å². The molecule has 4 N–H and O–H groups in total. The highest BCUT2D eigenvalue weighted by Crippen LogP contribution is 2.08. The van der Waals surface area contributed by atoms with Gasteiger partial charge in [0.15, 0.2) is 0 Å². The van der Waals surface area contributed by atoms with E-state index in [0.29, 0.717) is 6.42 Å². The van der Waals surface area contributed by atoms with Crippen LogP contribution >= 0.6 is 11.6 Å². The second-order valence-corrected chi connectivity index (χ2v) is 5.71. The van der Waals surface area contributed by atoms with Crippen molar-refractivity contribution in [3.63, 3.8) is 0 Å². The number of hydrogen-bond acceptors (Lipinski definition) is 4. The molecule has 9 heteroatoms. The van der Waals surface area contributed by atoms with Gasteiger partial charge in [0.1, 0.15) is 5.88 Å². The minimum Gasteiger partial charge on any atom is -0.337 e. The van der Waals surface area contributed by atoms with E-state index in [4.69, 9.17) is 16.7 Å². The first kappa shape index (κ1) is 16.4. The summed E-state index contributed by atoms with van der Waals surface area (Å²) in [6, 6.07) is 5.35. The molecule has 110 valence electrons. The number of rotatable bonds is 5. The molecule has 1 aromatic carbocycles. The van der Waals surface area contributed by atoms with E-state index < -0.39 is 22.0 Å². The van der Waals surface area contributed by atoms with Crippen LogP contribution in [-0.4, -0.2) is 32.8 Å². The number of benzene rings is 1. The third-order valence-corrected chi connectivity index (χ3v) is 3.50. The molecule has 0 radical (unpaired) electrons. The van der Waals surface area contributed by atoms with Crippen LogP contribution in [0.25, 0.3) is 0 Å². The van der Waals surface area contributed by atoms with Gasteiger partial charge in [0.25, 0.3) is 0 Å². The number of sulfonamides is 1. The molecular weight excluding hydrogens is 306 g/mol. The third-order valence-electron chi connectivity index (χ3n) is 2.33. The fraction of sp³-hybridized carbons (Fsp3) is 0.273. The molecule has 20 heavy (non-hydrogen) atoms. The summed E-state index contributed by atoms with van der Waals surface area (Å²) in [5, 5.41) is 9.47. The highest BCUT2D eigenvalue weighted by atomic mass is 35.5. The van der Waals surface area contributed by atoms with Crippen LogP contribution in [0.3, 0.4) is 0 Å². The number of urea groups is 1. The van der Waals surface area contributed by atoms with Gasteiger partial charge in [-0.1, -0.05) is 12.1 Å². The van der Waals surface area contributed by atoms with E-state index in [1.807, 2.05) is 5.32 Å². The maximum Gasteiger partial charge on any atom is 0.321 e. The first-order valence-corrected chi connectivity index (χ1v) is 7.66. The fourth-order valence-electron chi connectivity index (χ4n) is 1.37. The summed E-state index contributed by atoms with van der Waals surface area (Å²) in [6.45, 7) is 0.288. The van der Waals surface area contributed by atoms with E-state index in [1.165, 1.54) is 12.1 Å². The van der Waals surface area contributed by atoms with Gasteiger partial charge in [0.05, 0.1) is 4.90 Å². The number of amides is 3. The van der Waals surface area contributed by atoms with Gasteiger partial charge < -0.3 is 5.32 Å². The molecule has 0 saturated heterocycles. The number of carbonyl (C=O) groups is 2. The quantitative estimate of drug-likeness (QED) is 0.659. The summed E-state index contributed by atoms with van der Waals surface area (Å²) in [6.07, 6.45) is 0.480. The molecule has 0 aliphatic heterocycles. The number of imide groups is 1. The molecule has 0 fully saturated rings. The van der Waals surface area contributed by atoms with Gasteiger partial charge in [0, 0.05) is 6.54 Å². The molecule has 1 aromatic rings. The molecule has 0 bridgehead atoms. The molecule has 0 heterocycles. The Morgan fingerprint density at radius 3 is 2.30 bits per heavy atom. The Morgan fingerprint density at radius 2 is 1.80 bits per heavy atom. The standard InChI is InChI=1S/C11H14ClN3O4S/c12-7-10(16)15-11(17)14-6-5-8-1-3-9(4-2-8)20(13,18)19/h1-4H,5-7H2,(H2,13,18,19)(H2,14,15,16,17). The van der Waals surface area contributed by atoms with Gasteiger partial charge in [-0.25, -0.2) is 18.4 Å². The van der Waals surface area contributed by atoms with Gasteiger partial charge in [-0.15, -0.1) is 11.6 Å². The number of primary sulfonamides is 1. The Balaban J connectivity index is 2.43. The molecular formula is C11H14ClN3O4S. The average Bonchev–Trinajstić information content (AvgIpc) is 2.38. The number of nitrogens with one attached hydrogen (secondary N) is 2. The second-order valence-electron chi connectivity index (χ2n) is 3.88. The second kappa shape index (κ2) is 7.22. The summed E-state index contributed by atoms with van der Waals surface area (Å²) in [4.78, 5) is 22.0. The minimum absolute atomic E-state index is 0.0275. The van der Waals surface area contributed by atoms with Crippen LogP contribution in [0.1, 0.15) is 5.56 Å². The largest absolute Gasteiger partial charge is 0.337 e. The molecule has 0 unspecified atom stereocenters. The van der Waals surface area contributed by atoms with E-state index in [2.05, 4.69) is 5.32 Å². The number of hydrogen-bond donors (Lipinski definition) is 3. The molecule has 3 amide bonds. The Kier molecular flexibility index (Phi) is 5.93. The molecule has 0 atom stereocenters. The van der Waals surface area contributed by atoms with E-state index in [-0.39, 0.29) is 17.3 Å². The summed E-state index contributed by atoms with van der Waals surface area (Å²) in [5.74, 6) is -0.871. The van der Waals surface area contributed by atoms with E-state index in [9.17, 15) is 18.0 Å². The van der Waals surface area contributed by atoms with Crippen molar-refractivity contribution in [3.05, 3.63) is 29.8 Å². The zero-order valence-corrected chi connectivity index (χ0v) is 12.0. The number of carbonyl (C=O) groups excluding carboxylic acids is 2. The van der Waals surface area contributed by atoms with Crippen LogP contribution in [0.4, 0.5) is 4.79 Å². The highest BCUT2D eigenvalue weighted by molar-refractivity contribution is 7.89. The molecule has 7 nitrogen and oxygen atoms in total. The highest BCUT2D eigenvalue weighted by Gasteiger charge is 2.07. The minimum atomic E-state index is -3.70. The zero-order chi connectivity index (χ0) is 15.2. The Bertz CT molecular complexity index is 586. The van der Waals surface area contributed by atoms with Gasteiger partial charge in [-0.3, -0.25) is 10.1 Å². The predicted octanol–water partition coefficient (Wildman–Crippen LogP) is -0.0589. The smallest absolute Gasteiger partial charge is 0.321 e. The lowest BCUT2D eigenvalue weighted by molar-refractivity contribution is -0.117. The summed E-state index contributed by atoms with van der Waals surface area (Å²) in [5.41, 5.74) is 0.821. The number of halogens is 1. The molecule has 0 aliphatic carbocycles. The summed E-state index contributed by atoms with van der Waals surface area (Å²) < 4.78 is 22.1. The van der Waals surface area contributed by atoms with Crippen molar-refractivity contribution < 1.29 is 18.0 Å². The molecule has 1 rings (SSSR count). The third kappa shape index (κ3) is 5.55. The fourth-order valence-corrected chi connectivity index (χ4v) is 1.95. The Morgan fingerprint density at radius 1 is 1.20 bits per heavy atom. The lowest BCUT2D eigenvalue weighted by Crippen LogP contribution is -2.40. The Hall–Kier alpha value is -1.64. The topological polar surface area (TPSA) is 118 Å². The van der Waals surface area contributed by atoms with Crippen LogP contribution in [0.15, 0.2) is 29.2 Å². The van der Waals surface area contributed by atoms with Crippen molar-refractivity contribution in [1.29, 1.82) is 0 Å². The number of nitrogens with two attached hydrogens (primary N) is 1. The monoisotopic (exact) mass is 319 g/mol. The zero-order valence-electron chi connectivity index (χ0n) is 10.4. The van der Waals surface area contributed by atoms with E-state index in [0.717, 1.165) is 5.56 Å². The SMILES string of the molecule is NS(=O)(=O)c1ccc(CCNC(=O)NC(=O)CCl)cc1. The lowest BCUT2D eigenvalue weighted by atomic mass is 10.1. The Labute approximate surface area is 121 Å². The first-order chi connectivity index (χ1) is 9.32. The average molecular weight is 320 g/mol. The van der Waals surface area contributed by atoms with Crippen molar-refractivity contribution in [3.8, 4) is 0 Å².